The van der Waals surface area contributed by atoms with Crippen LogP contribution in [-0.2, 0) is 16.8 Å². The van der Waals surface area contributed by atoms with E-state index in [9.17, 15) is 4.79 Å². The number of hydrogen-bond donors (Lipinski definition) is 1. The summed E-state index contributed by atoms with van der Waals surface area (Å²) in [6, 6.07) is 12.5. The van der Waals surface area contributed by atoms with Gasteiger partial charge in [-0.25, -0.2) is 0 Å². The van der Waals surface area contributed by atoms with Crippen molar-refractivity contribution in [2.75, 3.05) is 24.8 Å². The molecule has 2 aromatic rings. The van der Waals surface area contributed by atoms with Crippen molar-refractivity contribution in [2.24, 2.45) is 5.92 Å². The van der Waals surface area contributed by atoms with E-state index in [1.807, 2.05) is 25.1 Å². The maximum atomic E-state index is 13.0. The minimum atomic E-state index is -0.266. The zero-order valence-corrected chi connectivity index (χ0v) is 20.0. The number of anilines is 1. The minimum absolute atomic E-state index is 0.0157. The summed E-state index contributed by atoms with van der Waals surface area (Å²) >= 11 is 0. The third-order valence-electron chi connectivity index (χ3n) is 6.82. The fraction of sp³-hybridized carbons (Fsp3) is 0.519. The van der Waals surface area contributed by atoms with Crippen molar-refractivity contribution in [2.45, 2.75) is 65.3 Å². The Balaban J connectivity index is 1.49. The first-order valence-corrected chi connectivity index (χ1v) is 11.8. The lowest BCUT2D eigenvalue weighted by Gasteiger charge is -2.35. The normalized spacial score (nSPS) is 17.3. The molecule has 0 radical (unpaired) electrons. The second-order valence-corrected chi connectivity index (χ2v) is 10.3. The highest BCUT2D eigenvalue weighted by atomic mass is 16.7. The number of amides is 1. The minimum Gasteiger partial charge on any atom is -0.454 e. The number of benzene rings is 2. The lowest BCUT2D eigenvalue weighted by Crippen LogP contribution is -2.35. The van der Waals surface area contributed by atoms with Crippen LogP contribution in [0.5, 0.6) is 11.5 Å². The van der Waals surface area contributed by atoms with Gasteiger partial charge < -0.3 is 19.7 Å². The highest BCUT2D eigenvalue weighted by molar-refractivity contribution is 5.83. The first kappa shape index (κ1) is 22.5. The number of carbonyl (C=O) groups is 1. The van der Waals surface area contributed by atoms with Crippen LogP contribution in [0.1, 0.15) is 70.1 Å². The van der Waals surface area contributed by atoms with Crippen LogP contribution in [-0.4, -0.2) is 25.8 Å². The molecule has 4 rings (SSSR count). The maximum Gasteiger partial charge on any atom is 0.231 e. The van der Waals surface area contributed by atoms with E-state index >= 15 is 0 Å². The molecule has 2 aliphatic rings. The van der Waals surface area contributed by atoms with Crippen LogP contribution in [0.3, 0.4) is 0 Å². The summed E-state index contributed by atoms with van der Waals surface area (Å²) in [7, 11) is 0. The number of nitrogens with zero attached hydrogens (tertiary/aromatic N) is 1. The van der Waals surface area contributed by atoms with E-state index in [-0.39, 0.29) is 24.0 Å². The van der Waals surface area contributed by atoms with Crippen LogP contribution >= 0.6 is 0 Å². The molecule has 0 bridgehead atoms. The second kappa shape index (κ2) is 9.05. The first-order valence-electron chi connectivity index (χ1n) is 11.8. The number of hydrogen-bond acceptors (Lipinski definition) is 4. The SMILES string of the molecule is CC1CCN(c2cc(C(C)(C)C)ccc2CNC(=O)C(C)c2ccc3c(c2)OCO3)CC1. The average molecular weight is 437 g/mol. The fourth-order valence-corrected chi connectivity index (χ4v) is 4.39. The Bertz CT molecular complexity index is 971. The molecule has 2 heterocycles. The summed E-state index contributed by atoms with van der Waals surface area (Å²) in [6.07, 6.45) is 2.43. The average Bonchev–Trinajstić information content (AvgIpc) is 3.24. The Morgan fingerprint density at radius 3 is 2.53 bits per heavy atom. The molecular formula is C27H36N2O3. The Morgan fingerprint density at radius 2 is 1.81 bits per heavy atom. The smallest absolute Gasteiger partial charge is 0.231 e. The van der Waals surface area contributed by atoms with E-state index in [0.717, 1.165) is 30.3 Å². The van der Waals surface area contributed by atoms with Gasteiger partial charge in [-0.2, -0.15) is 0 Å². The van der Waals surface area contributed by atoms with Gasteiger partial charge in [-0.15, -0.1) is 0 Å². The van der Waals surface area contributed by atoms with Gasteiger partial charge in [-0.05, 0) is 66.0 Å². The van der Waals surface area contributed by atoms with Gasteiger partial charge in [-0.3, -0.25) is 4.79 Å². The molecule has 5 nitrogen and oxygen atoms in total. The lowest BCUT2D eigenvalue weighted by molar-refractivity contribution is -0.122. The molecule has 0 aliphatic carbocycles. The summed E-state index contributed by atoms with van der Waals surface area (Å²) in [5.74, 6) is 1.98. The van der Waals surface area contributed by atoms with E-state index in [2.05, 4.69) is 56.1 Å². The van der Waals surface area contributed by atoms with E-state index in [4.69, 9.17) is 9.47 Å². The Hall–Kier alpha value is -2.69. The van der Waals surface area contributed by atoms with E-state index in [0.29, 0.717) is 12.3 Å². The number of nitrogens with one attached hydrogen (secondary N) is 1. The highest BCUT2D eigenvalue weighted by Crippen LogP contribution is 2.35. The molecule has 0 saturated carbocycles. The fourth-order valence-electron chi connectivity index (χ4n) is 4.39. The van der Waals surface area contributed by atoms with Gasteiger partial charge in [0.1, 0.15) is 0 Å². The van der Waals surface area contributed by atoms with Gasteiger partial charge in [0.15, 0.2) is 11.5 Å². The molecule has 2 aliphatic heterocycles. The molecule has 1 saturated heterocycles. The maximum absolute atomic E-state index is 13.0. The van der Waals surface area contributed by atoms with E-state index < -0.39 is 0 Å². The van der Waals surface area contributed by atoms with Crippen LogP contribution in [0, 0.1) is 5.92 Å². The monoisotopic (exact) mass is 436 g/mol. The number of fused-ring (bicyclic) bond motifs is 1. The summed E-state index contributed by atoms with van der Waals surface area (Å²) < 4.78 is 10.9. The standard InChI is InChI=1S/C27H36N2O3/c1-18-10-12-29(13-11-18)23-15-22(27(3,4)5)8-6-21(23)16-28-26(30)19(2)20-7-9-24-25(14-20)32-17-31-24/h6-9,14-15,18-19H,10-13,16-17H2,1-5H3,(H,28,30). The predicted molar refractivity (Wildman–Crippen MR) is 129 cm³/mol. The molecular weight excluding hydrogens is 400 g/mol. The quantitative estimate of drug-likeness (QED) is 0.685. The van der Waals surface area contributed by atoms with Crippen LogP contribution in [0.15, 0.2) is 36.4 Å². The molecule has 2 aromatic carbocycles. The predicted octanol–water partition coefficient (Wildman–Crippen LogP) is 5.37. The molecule has 1 amide bonds. The van der Waals surface area contributed by atoms with Crippen LogP contribution in [0.25, 0.3) is 0 Å². The van der Waals surface area contributed by atoms with Gasteiger partial charge in [-0.1, -0.05) is 45.9 Å². The Kier molecular flexibility index (Phi) is 6.36. The third kappa shape index (κ3) is 4.87. The molecule has 0 aromatic heterocycles. The summed E-state index contributed by atoms with van der Waals surface area (Å²) in [6.45, 7) is 13.9. The summed E-state index contributed by atoms with van der Waals surface area (Å²) in [5, 5.41) is 3.17. The molecule has 1 atom stereocenters. The van der Waals surface area contributed by atoms with Crippen molar-refractivity contribution in [3.8, 4) is 11.5 Å². The molecule has 32 heavy (non-hydrogen) atoms. The van der Waals surface area contributed by atoms with Gasteiger partial charge in [0.25, 0.3) is 0 Å². The zero-order chi connectivity index (χ0) is 22.9. The van der Waals surface area contributed by atoms with Crippen LogP contribution in [0.4, 0.5) is 5.69 Å². The summed E-state index contributed by atoms with van der Waals surface area (Å²) in [4.78, 5) is 15.5. The molecule has 1 unspecified atom stereocenters. The van der Waals surface area contributed by atoms with Crippen molar-refractivity contribution in [1.29, 1.82) is 0 Å². The van der Waals surface area contributed by atoms with Gasteiger partial charge in [0.05, 0.1) is 5.92 Å². The molecule has 1 N–H and O–H groups in total. The van der Waals surface area contributed by atoms with Crippen molar-refractivity contribution >= 4 is 11.6 Å². The van der Waals surface area contributed by atoms with Gasteiger partial charge in [0.2, 0.25) is 12.7 Å². The molecule has 5 heteroatoms. The van der Waals surface area contributed by atoms with Crippen LogP contribution in [0.2, 0.25) is 0 Å². The largest absolute Gasteiger partial charge is 0.454 e. The highest BCUT2D eigenvalue weighted by Gasteiger charge is 2.23. The van der Waals surface area contributed by atoms with Crippen molar-refractivity contribution in [3.05, 3.63) is 53.1 Å². The number of ether oxygens (including phenoxy) is 2. The van der Waals surface area contributed by atoms with E-state index in [1.54, 1.807) is 0 Å². The lowest BCUT2D eigenvalue weighted by atomic mass is 9.85. The van der Waals surface area contributed by atoms with Crippen LogP contribution < -0.4 is 19.7 Å². The zero-order valence-electron chi connectivity index (χ0n) is 20.0. The Morgan fingerprint density at radius 1 is 1.09 bits per heavy atom. The second-order valence-electron chi connectivity index (χ2n) is 10.3. The van der Waals surface area contributed by atoms with Gasteiger partial charge >= 0.3 is 0 Å². The van der Waals surface area contributed by atoms with Crippen molar-refractivity contribution < 1.29 is 14.3 Å². The molecule has 172 valence electrons. The number of rotatable bonds is 5. The topological polar surface area (TPSA) is 50.8 Å². The number of piperidine rings is 1. The van der Waals surface area contributed by atoms with Crippen molar-refractivity contribution in [3.63, 3.8) is 0 Å². The molecule has 0 spiro atoms. The first-order chi connectivity index (χ1) is 15.2. The van der Waals surface area contributed by atoms with E-state index in [1.165, 1.54) is 29.7 Å². The molecule has 1 fully saturated rings. The summed E-state index contributed by atoms with van der Waals surface area (Å²) in [5.41, 5.74) is 4.79. The third-order valence-corrected chi connectivity index (χ3v) is 6.82. The number of carbonyl (C=O) groups excluding carboxylic acids is 1. The Labute approximate surface area is 192 Å². The van der Waals surface area contributed by atoms with Crippen molar-refractivity contribution in [1.82, 2.24) is 5.32 Å². The van der Waals surface area contributed by atoms with Gasteiger partial charge in [0, 0.05) is 25.3 Å².